The van der Waals surface area contributed by atoms with Crippen molar-refractivity contribution in [2.45, 2.75) is 19.3 Å². The molecule has 0 unspecified atom stereocenters. The number of piperidine rings is 1. The van der Waals surface area contributed by atoms with E-state index in [-0.39, 0.29) is 5.96 Å². The molecule has 1 aliphatic heterocycles. The maximum absolute atomic E-state index is 7.21. The molecule has 1 rings (SSSR count). The van der Waals surface area contributed by atoms with Crippen LogP contribution in [0.5, 0.6) is 0 Å². The molecule has 4 N–H and O–H groups in total. The molecule has 0 radical (unpaired) electrons. The highest BCUT2D eigenvalue weighted by Crippen LogP contribution is 2.15. The predicted octanol–water partition coefficient (Wildman–Crippen LogP) is 0.201. The minimum absolute atomic E-state index is 0.175. The number of guanidine groups is 1. The summed E-state index contributed by atoms with van der Waals surface area (Å²) in [6, 6.07) is 0. The van der Waals surface area contributed by atoms with Crippen LogP contribution in [0, 0.1) is 11.3 Å². The summed E-state index contributed by atoms with van der Waals surface area (Å²) in [4.78, 5) is 1.81. The highest BCUT2D eigenvalue weighted by molar-refractivity contribution is 5.74. The van der Waals surface area contributed by atoms with Gasteiger partial charge in [0.05, 0.1) is 0 Å². The third kappa shape index (κ3) is 3.63. The minimum Gasteiger partial charge on any atom is -0.370 e. The molecule has 1 aliphatic rings. The van der Waals surface area contributed by atoms with Crippen molar-refractivity contribution in [1.29, 1.82) is 5.41 Å². The maximum atomic E-state index is 7.21. The molecule has 0 aromatic rings. The quantitative estimate of drug-likeness (QED) is 0.434. The second-order valence-corrected chi connectivity index (χ2v) is 3.79. The molecule has 0 spiro atoms. The van der Waals surface area contributed by atoms with Crippen LogP contribution in [-0.4, -0.2) is 37.5 Å². The Balaban J connectivity index is 2.13. The average molecular weight is 184 g/mol. The van der Waals surface area contributed by atoms with Crippen LogP contribution in [0.25, 0.3) is 0 Å². The van der Waals surface area contributed by atoms with Crippen LogP contribution in [-0.2, 0) is 0 Å². The molecule has 4 heteroatoms. The Morgan fingerprint density at radius 3 is 2.69 bits per heavy atom. The minimum atomic E-state index is 0.175. The van der Waals surface area contributed by atoms with E-state index in [0.29, 0.717) is 0 Å². The third-order valence-corrected chi connectivity index (χ3v) is 2.74. The number of nitrogens with two attached hydrogens (primary N) is 1. The Labute approximate surface area is 80.0 Å². The Hall–Kier alpha value is -0.770. The fourth-order valence-electron chi connectivity index (χ4n) is 1.67. The van der Waals surface area contributed by atoms with Crippen molar-refractivity contribution in [3.63, 3.8) is 0 Å². The topological polar surface area (TPSA) is 65.1 Å². The smallest absolute Gasteiger partial charge is 0.188 e. The van der Waals surface area contributed by atoms with E-state index >= 15 is 0 Å². The Kier molecular flexibility index (Phi) is 4.02. The van der Waals surface area contributed by atoms with Crippen LogP contribution >= 0.6 is 0 Å². The third-order valence-electron chi connectivity index (χ3n) is 2.74. The molecule has 0 saturated carbocycles. The highest BCUT2D eigenvalue weighted by atomic mass is 15.2. The summed E-state index contributed by atoms with van der Waals surface area (Å²) in [6.45, 7) is 3.21. The molecule has 1 saturated heterocycles. The zero-order valence-corrected chi connectivity index (χ0v) is 8.34. The van der Waals surface area contributed by atoms with Gasteiger partial charge in [-0.3, -0.25) is 5.41 Å². The lowest BCUT2D eigenvalue weighted by Gasteiger charge is -2.25. The van der Waals surface area contributed by atoms with Crippen LogP contribution < -0.4 is 11.1 Å². The van der Waals surface area contributed by atoms with Gasteiger partial charge in [-0.05, 0) is 38.3 Å². The van der Waals surface area contributed by atoms with Crippen molar-refractivity contribution >= 4 is 5.96 Å². The van der Waals surface area contributed by atoms with Gasteiger partial charge in [-0.15, -0.1) is 0 Å². The monoisotopic (exact) mass is 184 g/mol. The summed E-state index contributed by atoms with van der Waals surface area (Å²) in [5.41, 5.74) is 5.35. The van der Waals surface area contributed by atoms with E-state index in [1.54, 1.807) is 0 Å². The van der Waals surface area contributed by atoms with Gasteiger partial charge in [0.1, 0.15) is 0 Å². The SMILES string of the molecule is CN(CCC1CCNCC1)C(=N)N. The summed E-state index contributed by atoms with van der Waals surface area (Å²) in [7, 11) is 1.88. The van der Waals surface area contributed by atoms with Crippen molar-refractivity contribution in [3.8, 4) is 0 Å². The van der Waals surface area contributed by atoms with Gasteiger partial charge in [-0.25, -0.2) is 0 Å². The normalized spacial score (nSPS) is 18.5. The number of hydrogen-bond acceptors (Lipinski definition) is 2. The molecule has 76 valence electrons. The van der Waals surface area contributed by atoms with Crippen LogP contribution in [0.1, 0.15) is 19.3 Å². The first-order valence-electron chi connectivity index (χ1n) is 4.96. The second-order valence-electron chi connectivity index (χ2n) is 3.79. The van der Waals surface area contributed by atoms with E-state index < -0.39 is 0 Å². The Bertz CT molecular complexity index is 163. The number of rotatable bonds is 3. The molecule has 0 aliphatic carbocycles. The summed E-state index contributed by atoms with van der Waals surface area (Å²) in [6.07, 6.45) is 3.70. The van der Waals surface area contributed by atoms with Crippen molar-refractivity contribution < 1.29 is 0 Å². The van der Waals surface area contributed by atoms with E-state index in [4.69, 9.17) is 11.1 Å². The molecule has 1 fully saturated rings. The van der Waals surface area contributed by atoms with Crippen LogP contribution in [0.2, 0.25) is 0 Å². The predicted molar refractivity (Wildman–Crippen MR) is 54.8 cm³/mol. The lowest BCUT2D eigenvalue weighted by Crippen LogP contribution is -2.35. The van der Waals surface area contributed by atoms with Crippen LogP contribution in [0.3, 0.4) is 0 Å². The molecular formula is C9H20N4. The molecule has 0 amide bonds. The average Bonchev–Trinajstić information content (AvgIpc) is 2.15. The molecule has 0 aromatic heterocycles. The summed E-state index contributed by atoms with van der Waals surface area (Å²) in [5.74, 6) is 0.997. The van der Waals surface area contributed by atoms with Gasteiger partial charge in [0.2, 0.25) is 0 Å². The van der Waals surface area contributed by atoms with E-state index in [1.807, 2.05) is 11.9 Å². The lowest BCUT2D eigenvalue weighted by molar-refractivity contribution is 0.323. The Morgan fingerprint density at radius 1 is 1.54 bits per heavy atom. The molecule has 1 heterocycles. The van der Waals surface area contributed by atoms with Crippen molar-refractivity contribution in [2.24, 2.45) is 11.7 Å². The first-order chi connectivity index (χ1) is 6.20. The molecule has 4 nitrogen and oxygen atoms in total. The highest BCUT2D eigenvalue weighted by Gasteiger charge is 2.13. The summed E-state index contributed by atoms with van der Waals surface area (Å²) in [5, 5.41) is 10.6. The van der Waals surface area contributed by atoms with Gasteiger partial charge in [0, 0.05) is 13.6 Å². The summed E-state index contributed by atoms with van der Waals surface area (Å²) < 4.78 is 0. The van der Waals surface area contributed by atoms with E-state index in [9.17, 15) is 0 Å². The standard InChI is InChI=1S/C9H20N4/c1-13(9(10)11)7-4-8-2-5-12-6-3-8/h8,12H,2-7H2,1H3,(H3,10,11). The molecule has 13 heavy (non-hydrogen) atoms. The molecule has 0 aromatic carbocycles. The van der Waals surface area contributed by atoms with Gasteiger partial charge in [-0.1, -0.05) is 0 Å². The fourth-order valence-corrected chi connectivity index (χ4v) is 1.67. The second kappa shape index (κ2) is 5.07. The first-order valence-corrected chi connectivity index (χ1v) is 4.96. The number of nitrogens with one attached hydrogen (secondary N) is 2. The number of hydrogen-bond donors (Lipinski definition) is 3. The molecule has 0 atom stereocenters. The summed E-state index contributed by atoms with van der Waals surface area (Å²) >= 11 is 0. The van der Waals surface area contributed by atoms with E-state index in [1.165, 1.54) is 12.8 Å². The van der Waals surface area contributed by atoms with Crippen LogP contribution in [0.15, 0.2) is 0 Å². The maximum Gasteiger partial charge on any atom is 0.188 e. The fraction of sp³-hybridized carbons (Fsp3) is 0.889. The van der Waals surface area contributed by atoms with E-state index in [0.717, 1.165) is 32.0 Å². The van der Waals surface area contributed by atoms with Gasteiger partial charge in [-0.2, -0.15) is 0 Å². The molecule has 0 bridgehead atoms. The first kappa shape index (κ1) is 10.3. The Morgan fingerprint density at radius 2 is 2.15 bits per heavy atom. The zero-order valence-electron chi connectivity index (χ0n) is 8.34. The zero-order chi connectivity index (χ0) is 9.68. The van der Waals surface area contributed by atoms with Gasteiger partial charge in [0.15, 0.2) is 5.96 Å². The van der Waals surface area contributed by atoms with Gasteiger partial charge in [0.25, 0.3) is 0 Å². The van der Waals surface area contributed by atoms with Gasteiger partial charge >= 0.3 is 0 Å². The molecular weight excluding hydrogens is 164 g/mol. The van der Waals surface area contributed by atoms with E-state index in [2.05, 4.69) is 5.32 Å². The van der Waals surface area contributed by atoms with Crippen molar-refractivity contribution in [2.75, 3.05) is 26.7 Å². The van der Waals surface area contributed by atoms with Gasteiger partial charge < -0.3 is 16.0 Å². The van der Waals surface area contributed by atoms with Crippen molar-refractivity contribution in [1.82, 2.24) is 10.2 Å². The largest absolute Gasteiger partial charge is 0.370 e. The van der Waals surface area contributed by atoms with Crippen LogP contribution in [0.4, 0.5) is 0 Å². The number of nitrogens with zero attached hydrogens (tertiary/aromatic N) is 1. The van der Waals surface area contributed by atoms with Crippen molar-refractivity contribution in [3.05, 3.63) is 0 Å². The lowest BCUT2D eigenvalue weighted by atomic mass is 9.94.